The number of rotatable bonds is 4. The van der Waals surface area contributed by atoms with Crippen LogP contribution < -0.4 is 10.1 Å². The largest absolute Gasteiger partial charge is 0.497 e. The van der Waals surface area contributed by atoms with Gasteiger partial charge < -0.3 is 15.2 Å². The zero-order valence-corrected chi connectivity index (χ0v) is 11.7. The first-order valence-corrected chi connectivity index (χ1v) is 6.27. The van der Waals surface area contributed by atoms with E-state index in [1.54, 1.807) is 25.3 Å². The van der Waals surface area contributed by atoms with E-state index in [-0.39, 0.29) is 0 Å². The van der Waals surface area contributed by atoms with Gasteiger partial charge in [0.1, 0.15) is 5.75 Å². The Morgan fingerprint density at radius 3 is 2.15 bits per heavy atom. The van der Waals surface area contributed by atoms with Crippen molar-refractivity contribution in [1.29, 1.82) is 0 Å². The summed E-state index contributed by atoms with van der Waals surface area (Å²) < 4.78 is 5.17. The van der Waals surface area contributed by atoms with Crippen molar-refractivity contribution in [2.24, 2.45) is 0 Å². The van der Waals surface area contributed by atoms with Crippen molar-refractivity contribution in [1.82, 2.24) is 0 Å². The second-order valence-electron chi connectivity index (χ2n) is 4.64. The number of nitrogens with one attached hydrogen (secondary N) is 1. The lowest BCUT2D eigenvalue weighted by Crippen LogP contribution is -2.00. The highest BCUT2D eigenvalue weighted by molar-refractivity contribution is 5.88. The van der Waals surface area contributed by atoms with Gasteiger partial charge in [0, 0.05) is 11.4 Å². The van der Waals surface area contributed by atoms with Crippen LogP contribution in [0, 0.1) is 13.8 Å². The average molecular weight is 271 g/mol. The number of aromatic carboxylic acids is 1. The van der Waals surface area contributed by atoms with Gasteiger partial charge in [0.05, 0.1) is 12.7 Å². The highest BCUT2D eigenvalue weighted by atomic mass is 16.5. The van der Waals surface area contributed by atoms with Crippen LogP contribution in [0.1, 0.15) is 21.5 Å². The Labute approximate surface area is 118 Å². The van der Waals surface area contributed by atoms with Gasteiger partial charge in [-0.2, -0.15) is 0 Å². The lowest BCUT2D eigenvalue weighted by Gasteiger charge is -2.13. The van der Waals surface area contributed by atoms with Crippen molar-refractivity contribution in [3.8, 4) is 5.75 Å². The van der Waals surface area contributed by atoms with E-state index in [0.717, 1.165) is 28.3 Å². The van der Waals surface area contributed by atoms with Crippen molar-refractivity contribution >= 4 is 17.3 Å². The number of carboxylic acids is 1. The SMILES string of the molecule is COc1ccc(Nc2ccc(C(=O)O)cc2C)c(C)c1. The van der Waals surface area contributed by atoms with Gasteiger partial charge in [-0.3, -0.25) is 0 Å². The molecule has 0 aliphatic rings. The van der Waals surface area contributed by atoms with Gasteiger partial charge in [-0.15, -0.1) is 0 Å². The Morgan fingerprint density at radius 1 is 1.05 bits per heavy atom. The Hall–Kier alpha value is -2.49. The molecule has 2 N–H and O–H groups in total. The summed E-state index contributed by atoms with van der Waals surface area (Å²) in [6.07, 6.45) is 0. The molecule has 0 aromatic heterocycles. The summed E-state index contributed by atoms with van der Waals surface area (Å²) in [4.78, 5) is 10.9. The third-order valence-corrected chi connectivity index (χ3v) is 3.18. The minimum Gasteiger partial charge on any atom is -0.497 e. The van der Waals surface area contributed by atoms with E-state index >= 15 is 0 Å². The highest BCUT2D eigenvalue weighted by Gasteiger charge is 2.07. The predicted molar refractivity (Wildman–Crippen MR) is 79.2 cm³/mol. The Balaban J connectivity index is 2.28. The topological polar surface area (TPSA) is 58.6 Å². The molecule has 0 unspecified atom stereocenters. The van der Waals surface area contributed by atoms with Gasteiger partial charge in [0.15, 0.2) is 0 Å². The molecule has 0 spiro atoms. The van der Waals surface area contributed by atoms with Gasteiger partial charge in [-0.25, -0.2) is 4.79 Å². The quantitative estimate of drug-likeness (QED) is 0.889. The molecule has 0 amide bonds. The van der Waals surface area contributed by atoms with E-state index in [2.05, 4.69) is 5.32 Å². The maximum Gasteiger partial charge on any atom is 0.335 e. The number of ether oxygens (including phenoxy) is 1. The van der Waals surface area contributed by atoms with E-state index < -0.39 is 5.97 Å². The number of hydrogen-bond acceptors (Lipinski definition) is 3. The first kappa shape index (κ1) is 13.9. The lowest BCUT2D eigenvalue weighted by atomic mass is 10.1. The number of carboxylic acid groups (broad SMARTS) is 1. The number of methoxy groups -OCH3 is 1. The van der Waals surface area contributed by atoms with Crippen molar-refractivity contribution in [2.75, 3.05) is 12.4 Å². The van der Waals surface area contributed by atoms with Crippen LogP contribution >= 0.6 is 0 Å². The molecule has 2 aromatic rings. The molecule has 0 radical (unpaired) electrons. The molecule has 0 bridgehead atoms. The molecule has 4 heteroatoms. The summed E-state index contributed by atoms with van der Waals surface area (Å²) in [5, 5.41) is 12.3. The summed E-state index contributed by atoms with van der Waals surface area (Å²) in [6.45, 7) is 3.87. The van der Waals surface area contributed by atoms with Crippen LogP contribution in [0.15, 0.2) is 36.4 Å². The maximum atomic E-state index is 10.9. The lowest BCUT2D eigenvalue weighted by molar-refractivity contribution is 0.0697. The molecule has 0 fully saturated rings. The average Bonchev–Trinajstić information content (AvgIpc) is 2.42. The summed E-state index contributed by atoms with van der Waals surface area (Å²) in [5.41, 5.74) is 4.10. The van der Waals surface area contributed by atoms with Gasteiger partial charge in [0.2, 0.25) is 0 Å². The molecule has 0 saturated carbocycles. The summed E-state index contributed by atoms with van der Waals surface area (Å²) in [6, 6.07) is 10.8. The second-order valence-corrected chi connectivity index (χ2v) is 4.64. The van der Waals surface area contributed by atoms with Crippen LogP contribution in [0.3, 0.4) is 0 Å². The predicted octanol–water partition coefficient (Wildman–Crippen LogP) is 3.75. The third kappa shape index (κ3) is 2.91. The fourth-order valence-electron chi connectivity index (χ4n) is 1.99. The zero-order valence-electron chi connectivity index (χ0n) is 11.7. The van der Waals surface area contributed by atoms with Gasteiger partial charge >= 0.3 is 5.97 Å². The number of aryl methyl sites for hydroxylation is 2. The van der Waals surface area contributed by atoms with Gasteiger partial charge in [-0.1, -0.05) is 0 Å². The smallest absolute Gasteiger partial charge is 0.335 e. The van der Waals surface area contributed by atoms with Gasteiger partial charge in [0.25, 0.3) is 0 Å². The molecular formula is C16H17NO3. The fraction of sp³-hybridized carbons (Fsp3) is 0.188. The number of benzene rings is 2. The molecule has 0 heterocycles. The van der Waals surface area contributed by atoms with Crippen LogP contribution in [-0.4, -0.2) is 18.2 Å². The molecule has 0 saturated heterocycles. The van der Waals surface area contributed by atoms with Crippen molar-refractivity contribution in [2.45, 2.75) is 13.8 Å². The molecular weight excluding hydrogens is 254 g/mol. The van der Waals surface area contributed by atoms with Crippen LogP contribution in [0.4, 0.5) is 11.4 Å². The van der Waals surface area contributed by atoms with E-state index in [9.17, 15) is 4.79 Å². The standard InChI is InChI=1S/C16H17NO3/c1-10-8-12(16(18)19)4-6-14(10)17-15-7-5-13(20-3)9-11(15)2/h4-9,17H,1-3H3,(H,18,19). The highest BCUT2D eigenvalue weighted by Crippen LogP contribution is 2.26. The van der Waals surface area contributed by atoms with Crippen LogP contribution in [0.25, 0.3) is 0 Å². The molecule has 0 aliphatic heterocycles. The number of carbonyl (C=O) groups is 1. The van der Waals surface area contributed by atoms with Crippen LogP contribution in [0.2, 0.25) is 0 Å². The van der Waals surface area contributed by atoms with Crippen molar-refractivity contribution < 1.29 is 14.6 Å². The molecule has 4 nitrogen and oxygen atoms in total. The van der Waals surface area contributed by atoms with Crippen molar-refractivity contribution in [3.05, 3.63) is 53.1 Å². The third-order valence-electron chi connectivity index (χ3n) is 3.18. The fourth-order valence-corrected chi connectivity index (χ4v) is 1.99. The minimum atomic E-state index is -0.916. The zero-order chi connectivity index (χ0) is 14.7. The Kier molecular flexibility index (Phi) is 3.94. The number of anilines is 2. The summed E-state index contributed by atoms with van der Waals surface area (Å²) in [5.74, 6) is -0.105. The van der Waals surface area contributed by atoms with E-state index in [1.165, 1.54) is 0 Å². The molecule has 20 heavy (non-hydrogen) atoms. The summed E-state index contributed by atoms with van der Waals surface area (Å²) >= 11 is 0. The van der Waals surface area contributed by atoms with Gasteiger partial charge in [-0.05, 0) is 61.4 Å². The van der Waals surface area contributed by atoms with Crippen LogP contribution in [-0.2, 0) is 0 Å². The van der Waals surface area contributed by atoms with Crippen molar-refractivity contribution in [3.63, 3.8) is 0 Å². The first-order valence-electron chi connectivity index (χ1n) is 6.27. The minimum absolute atomic E-state index is 0.291. The molecule has 2 rings (SSSR count). The molecule has 2 aromatic carbocycles. The van der Waals surface area contributed by atoms with E-state index in [4.69, 9.17) is 9.84 Å². The molecule has 0 aliphatic carbocycles. The Bertz CT molecular complexity index is 650. The first-order chi connectivity index (χ1) is 9.51. The second kappa shape index (κ2) is 5.65. The Morgan fingerprint density at radius 2 is 1.65 bits per heavy atom. The monoisotopic (exact) mass is 271 g/mol. The van der Waals surface area contributed by atoms with E-state index in [1.807, 2.05) is 32.0 Å². The summed E-state index contributed by atoms with van der Waals surface area (Å²) in [7, 11) is 1.64. The molecule has 0 atom stereocenters. The molecule has 104 valence electrons. The number of hydrogen-bond donors (Lipinski definition) is 2. The maximum absolute atomic E-state index is 10.9. The van der Waals surface area contributed by atoms with Crippen LogP contribution in [0.5, 0.6) is 5.75 Å². The van der Waals surface area contributed by atoms with E-state index in [0.29, 0.717) is 5.56 Å². The normalized spacial score (nSPS) is 10.2.